The van der Waals surface area contributed by atoms with E-state index in [-0.39, 0.29) is 0 Å². The Morgan fingerprint density at radius 3 is 2.82 bits per heavy atom. The highest BCUT2D eigenvalue weighted by molar-refractivity contribution is 5.46. The molecule has 2 heterocycles. The molecule has 2 bridgehead atoms. The van der Waals surface area contributed by atoms with Crippen LogP contribution in [0.5, 0.6) is 0 Å². The first-order chi connectivity index (χ1) is 10.7. The lowest BCUT2D eigenvalue weighted by atomic mass is 9.95. The van der Waals surface area contributed by atoms with E-state index >= 15 is 0 Å². The molecule has 3 aliphatic rings. The number of hydrogen-bond acceptors (Lipinski definition) is 6. The van der Waals surface area contributed by atoms with Crippen LogP contribution in [0.3, 0.4) is 0 Å². The van der Waals surface area contributed by atoms with E-state index in [0.29, 0.717) is 18.0 Å². The zero-order valence-electron chi connectivity index (χ0n) is 13.3. The molecule has 0 spiro atoms. The smallest absolute Gasteiger partial charge is 0.222 e. The Hall–Kier alpha value is -1.40. The first-order valence-electron chi connectivity index (χ1n) is 8.50. The number of nitrogens with one attached hydrogen (secondary N) is 2. The Balaban J connectivity index is 1.38. The summed E-state index contributed by atoms with van der Waals surface area (Å²) in [5.74, 6) is 3.20. The van der Waals surface area contributed by atoms with Crippen LogP contribution in [0.15, 0.2) is 6.07 Å². The zero-order valence-corrected chi connectivity index (χ0v) is 13.3. The highest BCUT2D eigenvalue weighted by atomic mass is 15.3. The summed E-state index contributed by atoms with van der Waals surface area (Å²) in [5, 5.41) is 6.98. The van der Waals surface area contributed by atoms with Crippen LogP contribution in [0.4, 0.5) is 11.8 Å². The van der Waals surface area contributed by atoms with Crippen LogP contribution < -0.4 is 21.3 Å². The molecule has 1 aromatic heterocycles. The van der Waals surface area contributed by atoms with Gasteiger partial charge in [-0.1, -0.05) is 6.42 Å². The third kappa shape index (κ3) is 2.65. The molecule has 1 saturated heterocycles. The fraction of sp³-hybridized carbons (Fsp3) is 0.750. The molecule has 22 heavy (non-hydrogen) atoms. The first kappa shape index (κ1) is 14.2. The third-order valence-electron chi connectivity index (χ3n) is 5.68. The Labute approximate surface area is 131 Å². The first-order valence-corrected chi connectivity index (χ1v) is 8.50. The van der Waals surface area contributed by atoms with Gasteiger partial charge in [-0.3, -0.25) is 0 Å². The van der Waals surface area contributed by atoms with E-state index in [4.69, 9.17) is 5.73 Å². The molecule has 0 radical (unpaired) electrons. The van der Waals surface area contributed by atoms with Crippen molar-refractivity contribution in [2.75, 3.05) is 30.8 Å². The minimum Gasteiger partial charge on any atom is -0.368 e. The van der Waals surface area contributed by atoms with Crippen LogP contribution in [0.1, 0.15) is 31.4 Å². The van der Waals surface area contributed by atoms with Crippen molar-refractivity contribution in [2.24, 2.45) is 11.8 Å². The summed E-state index contributed by atoms with van der Waals surface area (Å²) in [7, 11) is 2.00. The van der Waals surface area contributed by atoms with Gasteiger partial charge in [0.1, 0.15) is 5.82 Å². The molecule has 2 aliphatic carbocycles. The van der Waals surface area contributed by atoms with Gasteiger partial charge in [0, 0.05) is 37.8 Å². The molecule has 6 heteroatoms. The molecule has 3 fully saturated rings. The van der Waals surface area contributed by atoms with Crippen LogP contribution >= 0.6 is 0 Å². The second-order valence-corrected chi connectivity index (χ2v) is 7.13. The van der Waals surface area contributed by atoms with Crippen molar-refractivity contribution in [1.29, 1.82) is 0 Å². The van der Waals surface area contributed by atoms with Gasteiger partial charge in [0.25, 0.3) is 0 Å². The SMILES string of the molecule is CNC1CN(c2cc(CN[C@@H]3C[C@@H]4CC[C@@H]3C4)nc(N)n2)C1. The van der Waals surface area contributed by atoms with Gasteiger partial charge < -0.3 is 21.3 Å². The minimum atomic E-state index is 0.384. The molecule has 3 atom stereocenters. The van der Waals surface area contributed by atoms with Crippen LogP contribution in [0.25, 0.3) is 0 Å². The van der Waals surface area contributed by atoms with Gasteiger partial charge >= 0.3 is 0 Å². The van der Waals surface area contributed by atoms with E-state index in [1.165, 1.54) is 25.7 Å². The van der Waals surface area contributed by atoms with Crippen molar-refractivity contribution < 1.29 is 0 Å². The van der Waals surface area contributed by atoms with Gasteiger partial charge in [0.15, 0.2) is 0 Å². The maximum absolute atomic E-state index is 5.90. The number of aromatic nitrogens is 2. The average molecular weight is 302 g/mol. The molecule has 0 amide bonds. The Bertz CT molecular complexity index is 541. The lowest BCUT2D eigenvalue weighted by Crippen LogP contribution is -2.57. The maximum Gasteiger partial charge on any atom is 0.222 e. The predicted molar refractivity (Wildman–Crippen MR) is 87.6 cm³/mol. The highest BCUT2D eigenvalue weighted by Crippen LogP contribution is 2.44. The van der Waals surface area contributed by atoms with Crippen LogP contribution in [0, 0.1) is 11.8 Å². The Morgan fingerprint density at radius 1 is 1.27 bits per heavy atom. The van der Waals surface area contributed by atoms with Gasteiger partial charge in [0.2, 0.25) is 5.95 Å². The number of nitrogen functional groups attached to an aromatic ring is 1. The normalized spacial score (nSPS) is 30.8. The molecule has 0 aromatic carbocycles. The van der Waals surface area contributed by atoms with E-state index in [1.54, 1.807) is 0 Å². The largest absolute Gasteiger partial charge is 0.368 e. The summed E-state index contributed by atoms with van der Waals surface area (Å²) in [6.07, 6.45) is 5.61. The van der Waals surface area contributed by atoms with E-state index in [9.17, 15) is 0 Å². The molecular formula is C16H26N6. The molecule has 1 aliphatic heterocycles. The lowest BCUT2D eigenvalue weighted by Gasteiger charge is -2.40. The molecule has 1 aromatic rings. The maximum atomic E-state index is 5.90. The third-order valence-corrected chi connectivity index (χ3v) is 5.68. The molecule has 6 nitrogen and oxygen atoms in total. The van der Waals surface area contributed by atoms with Crippen molar-refractivity contribution in [3.63, 3.8) is 0 Å². The fourth-order valence-electron chi connectivity index (χ4n) is 4.33. The zero-order chi connectivity index (χ0) is 15.1. The molecule has 4 rings (SSSR count). The number of nitrogens with two attached hydrogens (primary N) is 1. The van der Waals surface area contributed by atoms with E-state index in [0.717, 1.165) is 43.0 Å². The Morgan fingerprint density at radius 2 is 2.14 bits per heavy atom. The lowest BCUT2D eigenvalue weighted by molar-refractivity contribution is 0.349. The van der Waals surface area contributed by atoms with Gasteiger partial charge in [-0.15, -0.1) is 0 Å². The number of anilines is 2. The summed E-state index contributed by atoms with van der Waals surface area (Å²) < 4.78 is 0. The summed E-state index contributed by atoms with van der Waals surface area (Å²) in [6, 6.07) is 3.32. The van der Waals surface area contributed by atoms with Crippen molar-refractivity contribution in [1.82, 2.24) is 20.6 Å². The van der Waals surface area contributed by atoms with Crippen LogP contribution in [0.2, 0.25) is 0 Å². The molecule has 0 unspecified atom stereocenters. The molecular weight excluding hydrogens is 276 g/mol. The van der Waals surface area contributed by atoms with Gasteiger partial charge in [-0.25, -0.2) is 4.98 Å². The van der Waals surface area contributed by atoms with Crippen molar-refractivity contribution in [3.05, 3.63) is 11.8 Å². The number of rotatable bonds is 5. The van der Waals surface area contributed by atoms with Crippen molar-refractivity contribution >= 4 is 11.8 Å². The summed E-state index contributed by atoms with van der Waals surface area (Å²) >= 11 is 0. The summed E-state index contributed by atoms with van der Waals surface area (Å²) in [6.45, 7) is 2.79. The number of hydrogen-bond donors (Lipinski definition) is 3. The quantitative estimate of drug-likeness (QED) is 0.745. The number of nitrogens with zero attached hydrogens (tertiary/aromatic N) is 3. The van der Waals surface area contributed by atoms with E-state index in [2.05, 4.69) is 31.6 Å². The van der Waals surface area contributed by atoms with E-state index in [1.807, 2.05) is 7.05 Å². The van der Waals surface area contributed by atoms with E-state index < -0.39 is 0 Å². The fourth-order valence-corrected chi connectivity index (χ4v) is 4.33. The van der Waals surface area contributed by atoms with Gasteiger partial charge in [-0.2, -0.15) is 4.98 Å². The van der Waals surface area contributed by atoms with Crippen molar-refractivity contribution in [2.45, 2.75) is 44.3 Å². The van der Waals surface area contributed by atoms with Crippen LogP contribution in [-0.4, -0.2) is 42.2 Å². The molecule has 120 valence electrons. The summed E-state index contributed by atoms with van der Waals surface area (Å²) in [5.41, 5.74) is 6.91. The Kier molecular flexibility index (Phi) is 3.66. The van der Waals surface area contributed by atoms with Gasteiger partial charge in [0.05, 0.1) is 5.69 Å². The van der Waals surface area contributed by atoms with Crippen LogP contribution in [-0.2, 0) is 6.54 Å². The topological polar surface area (TPSA) is 79.1 Å². The molecule has 2 saturated carbocycles. The average Bonchev–Trinajstić information content (AvgIpc) is 3.06. The number of fused-ring (bicyclic) bond motifs is 2. The monoisotopic (exact) mass is 302 g/mol. The minimum absolute atomic E-state index is 0.384. The van der Waals surface area contributed by atoms with Gasteiger partial charge in [-0.05, 0) is 38.1 Å². The highest BCUT2D eigenvalue weighted by Gasteiger charge is 2.39. The van der Waals surface area contributed by atoms with Crippen molar-refractivity contribution in [3.8, 4) is 0 Å². The predicted octanol–water partition coefficient (Wildman–Crippen LogP) is 0.745. The summed E-state index contributed by atoms with van der Waals surface area (Å²) in [4.78, 5) is 11.0. The second kappa shape index (κ2) is 5.66. The molecule has 4 N–H and O–H groups in total. The standard InChI is InChI=1S/C16H26N6/c1-18-13-8-22(9-13)15-6-12(20-16(17)21-15)7-19-14-5-10-2-3-11(14)4-10/h6,10-11,13-14,18-19H,2-5,7-9H2,1H3,(H2,17,20,21)/t10-,11-,14-/m1/s1. The number of likely N-dealkylation sites (N-methyl/N-ethyl adjacent to an activating group) is 1. The second-order valence-electron chi connectivity index (χ2n) is 7.13.